The zero-order valence-electron chi connectivity index (χ0n) is 21.2. The predicted molar refractivity (Wildman–Crippen MR) is 142 cm³/mol. The van der Waals surface area contributed by atoms with Gasteiger partial charge in [-0.15, -0.1) is 0 Å². The number of para-hydroxylation sites is 1. The first-order chi connectivity index (χ1) is 17.0. The molecule has 4 rings (SSSR count). The first kappa shape index (κ1) is 25.0. The number of nitrogens with one attached hydrogen (secondary N) is 1. The number of amides is 2. The second kappa shape index (κ2) is 12.1. The third-order valence-corrected chi connectivity index (χ3v) is 7.07. The molecule has 5 heteroatoms. The second-order valence-corrected chi connectivity index (χ2v) is 10.4. The van der Waals surface area contributed by atoms with Crippen molar-refractivity contribution in [1.82, 2.24) is 14.8 Å². The van der Waals surface area contributed by atoms with Gasteiger partial charge in [0.1, 0.15) is 0 Å². The molecule has 1 fully saturated rings. The van der Waals surface area contributed by atoms with E-state index in [1.54, 1.807) is 0 Å². The van der Waals surface area contributed by atoms with E-state index in [0.29, 0.717) is 25.6 Å². The average molecular weight is 474 g/mol. The van der Waals surface area contributed by atoms with Gasteiger partial charge in [-0.3, -0.25) is 9.59 Å². The van der Waals surface area contributed by atoms with E-state index in [0.717, 1.165) is 43.2 Å². The number of nitrogens with zero attached hydrogens (tertiary/aromatic N) is 2. The molecule has 1 N–H and O–H groups in total. The molecule has 0 bridgehead atoms. The van der Waals surface area contributed by atoms with Crippen LogP contribution in [-0.4, -0.2) is 46.2 Å². The van der Waals surface area contributed by atoms with Crippen LogP contribution in [0.1, 0.15) is 57.1 Å². The molecule has 0 spiro atoms. The van der Waals surface area contributed by atoms with Crippen LogP contribution in [0.15, 0.2) is 60.8 Å². The van der Waals surface area contributed by atoms with Gasteiger partial charge in [0.2, 0.25) is 11.8 Å². The Morgan fingerprint density at radius 1 is 0.943 bits per heavy atom. The molecule has 3 aromatic rings. The quantitative estimate of drug-likeness (QED) is 0.404. The molecule has 2 aromatic carbocycles. The fourth-order valence-corrected chi connectivity index (χ4v) is 5.23. The van der Waals surface area contributed by atoms with Crippen molar-refractivity contribution in [2.45, 2.75) is 58.9 Å². The zero-order chi connectivity index (χ0) is 24.6. The van der Waals surface area contributed by atoms with Crippen LogP contribution < -0.4 is 0 Å². The fraction of sp³-hybridized carbons (Fsp3) is 0.467. The minimum Gasteiger partial charge on any atom is -0.361 e. The second-order valence-electron chi connectivity index (χ2n) is 10.4. The van der Waals surface area contributed by atoms with E-state index in [4.69, 9.17) is 0 Å². The van der Waals surface area contributed by atoms with Crippen molar-refractivity contribution in [2.24, 2.45) is 11.8 Å². The third-order valence-electron chi connectivity index (χ3n) is 7.07. The number of H-pyrrole nitrogens is 1. The molecule has 0 saturated heterocycles. The molecule has 1 aliphatic rings. The minimum atomic E-state index is 0.0264. The smallest absolute Gasteiger partial charge is 0.242 e. The molecule has 0 radical (unpaired) electrons. The highest BCUT2D eigenvalue weighted by Gasteiger charge is 2.29. The van der Waals surface area contributed by atoms with Gasteiger partial charge >= 0.3 is 0 Å². The van der Waals surface area contributed by atoms with Crippen molar-refractivity contribution in [3.63, 3.8) is 0 Å². The van der Waals surface area contributed by atoms with Gasteiger partial charge in [0.15, 0.2) is 0 Å². The summed E-state index contributed by atoms with van der Waals surface area (Å²) in [6.45, 7) is 6.18. The van der Waals surface area contributed by atoms with Gasteiger partial charge in [0.25, 0.3) is 0 Å². The number of aromatic amines is 1. The summed E-state index contributed by atoms with van der Waals surface area (Å²) < 4.78 is 0. The maximum Gasteiger partial charge on any atom is 0.242 e. The maximum absolute atomic E-state index is 13.7. The van der Waals surface area contributed by atoms with Crippen molar-refractivity contribution < 1.29 is 9.59 Å². The van der Waals surface area contributed by atoms with Crippen LogP contribution in [0.3, 0.4) is 0 Å². The van der Waals surface area contributed by atoms with Crippen molar-refractivity contribution >= 4 is 22.7 Å². The predicted octanol–water partition coefficient (Wildman–Crippen LogP) is 5.80. The van der Waals surface area contributed by atoms with Gasteiger partial charge in [-0.25, -0.2) is 0 Å². The monoisotopic (exact) mass is 473 g/mol. The van der Waals surface area contributed by atoms with Crippen LogP contribution in [0, 0.1) is 11.8 Å². The molecule has 0 atom stereocenters. The summed E-state index contributed by atoms with van der Waals surface area (Å²) in [5.41, 5.74) is 3.43. The topological polar surface area (TPSA) is 56.4 Å². The largest absolute Gasteiger partial charge is 0.361 e. The Morgan fingerprint density at radius 3 is 2.40 bits per heavy atom. The van der Waals surface area contributed by atoms with Crippen LogP contribution in [0.25, 0.3) is 10.9 Å². The molecule has 5 nitrogen and oxygen atoms in total. The standard InChI is InChI=1S/C30H39N3O2/c1-23(2)20-33(30(35)25-13-7-4-8-14-25)22-29(34)32(21-24-11-5-3-6-12-24)18-17-26-19-31-28-16-10-9-15-27(26)28/h3,5-6,9-12,15-16,19,23,25,31H,4,7-8,13-14,17-18,20-22H2,1-2H3. The summed E-state index contributed by atoms with van der Waals surface area (Å²) in [6.07, 6.45) is 8.17. The summed E-state index contributed by atoms with van der Waals surface area (Å²) in [7, 11) is 0. The van der Waals surface area contributed by atoms with Crippen LogP contribution in [0.2, 0.25) is 0 Å². The van der Waals surface area contributed by atoms with E-state index in [2.05, 4.69) is 43.1 Å². The molecule has 35 heavy (non-hydrogen) atoms. The lowest BCUT2D eigenvalue weighted by atomic mass is 9.88. The maximum atomic E-state index is 13.7. The Bertz CT molecular complexity index is 1100. The number of hydrogen-bond donors (Lipinski definition) is 1. The normalized spacial score (nSPS) is 14.4. The van der Waals surface area contributed by atoms with Gasteiger partial charge in [-0.2, -0.15) is 0 Å². The lowest BCUT2D eigenvalue weighted by Gasteiger charge is -2.32. The van der Waals surface area contributed by atoms with E-state index >= 15 is 0 Å². The number of fused-ring (bicyclic) bond motifs is 1. The number of carbonyl (C=O) groups is 2. The highest BCUT2D eigenvalue weighted by atomic mass is 16.2. The van der Waals surface area contributed by atoms with Crippen molar-refractivity contribution in [3.8, 4) is 0 Å². The molecule has 0 unspecified atom stereocenters. The summed E-state index contributed by atoms with van der Waals surface area (Å²) in [5, 5.41) is 1.20. The minimum absolute atomic E-state index is 0.0264. The molecule has 1 heterocycles. The molecule has 0 aliphatic heterocycles. The third kappa shape index (κ3) is 6.74. The average Bonchev–Trinajstić information content (AvgIpc) is 3.29. The van der Waals surface area contributed by atoms with Crippen molar-refractivity contribution in [2.75, 3.05) is 19.6 Å². The Labute approximate surface area is 209 Å². The Morgan fingerprint density at radius 2 is 1.66 bits per heavy atom. The number of hydrogen-bond acceptors (Lipinski definition) is 2. The summed E-state index contributed by atoms with van der Waals surface area (Å²) in [4.78, 5) is 34.2. The van der Waals surface area contributed by atoms with E-state index in [-0.39, 0.29) is 24.3 Å². The molecular weight excluding hydrogens is 434 g/mol. The lowest BCUT2D eigenvalue weighted by molar-refractivity contribution is -0.144. The fourth-order valence-electron chi connectivity index (χ4n) is 5.23. The van der Waals surface area contributed by atoms with Gasteiger partial charge < -0.3 is 14.8 Å². The van der Waals surface area contributed by atoms with E-state index in [1.165, 1.54) is 17.4 Å². The van der Waals surface area contributed by atoms with Crippen LogP contribution in [0.4, 0.5) is 0 Å². The summed E-state index contributed by atoms with van der Waals surface area (Å²) >= 11 is 0. The van der Waals surface area contributed by atoms with E-state index in [9.17, 15) is 9.59 Å². The van der Waals surface area contributed by atoms with Crippen molar-refractivity contribution in [3.05, 3.63) is 71.9 Å². The Balaban J connectivity index is 1.50. The summed E-state index contributed by atoms with van der Waals surface area (Å²) in [5.74, 6) is 0.592. The molecule has 1 saturated carbocycles. The molecule has 186 valence electrons. The number of rotatable bonds is 10. The highest BCUT2D eigenvalue weighted by Crippen LogP contribution is 2.26. The van der Waals surface area contributed by atoms with Crippen molar-refractivity contribution in [1.29, 1.82) is 0 Å². The first-order valence-corrected chi connectivity index (χ1v) is 13.2. The molecule has 1 aromatic heterocycles. The first-order valence-electron chi connectivity index (χ1n) is 13.2. The van der Waals surface area contributed by atoms with Crippen LogP contribution in [0.5, 0.6) is 0 Å². The molecular formula is C30H39N3O2. The zero-order valence-corrected chi connectivity index (χ0v) is 21.2. The highest BCUT2D eigenvalue weighted by molar-refractivity contribution is 5.86. The van der Waals surface area contributed by atoms with Crippen LogP contribution in [-0.2, 0) is 22.6 Å². The Kier molecular flexibility index (Phi) is 8.62. The summed E-state index contributed by atoms with van der Waals surface area (Å²) in [6, 6.07) is 18.4. The SMILES string of the molecule is CC(C)CN(CC(=O)N(CCc1c[nH]c2ccccc12)Cc1ccccc1)C(=O)C1CCCCC1. The number of aromatic nitrogens is 1. The molecule has 1 aliphatic carbocycles. The van der Waals surface area contributed by atoms with Gasteiger partial charge in [-0.05, 0) is 42.4 Å². The lowest BCUT2D eigenvalue weighted by Crippen LogP contribution is -2.46. The van der Waals surface area contributed by atoms with Gasteiger partial charge in [0, 0.05) is 42.7 Å². The Hall–Kier alpha value is -3.08. The van der Waals surface area contributed by atoms with Gasteiger partial charge in [-0.1, -0.05) is 81.6 Å². The van der Waals surface area contributed by atoms with E-state index in [1.807, 2.05) is 46.3 Å². The molecule has 2 amide bonds. The van der Waals surface area contributed by atoms with Gasteiger partial charge in [0.05, 0.1) is 6.54 Å². The number of carbonyl (C=O) groups excluding carboxylic acids is 2. The van der Waals surface area contributed by atoms with Crippen LogP contribution >= 0.6 is 0 Å². The van der Waals surface area contributed by atoms with E-state index < -0.39 is 0 Å². The number of benzene rings is 2.